The maximum atomic E-state index is 10.6. The molecule has 4 rings (SSSR count). The van der Waals surface area contributed by atoms with Crippen LogP contribution in [-0.2, 0) is 11.3 Å². The summed E-state index contributed by atoms with van der Waals surface area (Å²) in [5, 5.41) is 7.12. The summed E-state index contributed by atoms with van der Waals surface area (Å²) in [5.74, 6) is -1.13. The first-order chi connectivity index (χ1) is 18.0. The Morgan fingerprint density at radius 3 is 2.00 bits per heavy atom. The van der Waals surface area contributed by atoms with E-state index in [0.717, 1.165) is 32.0 Å². The van der Waals surface area contributed by atoms with Crippen LogP contribution in [0.15, 0.2) is 71.6 Å². The van der Waals surface area contributed by atoms with Gasteiger partial charge in [0.15, 0.2) is 0 Å². The third-order valence-electron chi connectivity index (χ3n) is 6.69. The van der Waals surface area contributed by atoms with Crippen LogP contribution in [0.3, 0.4) is 0 Å². The van der Waals surface area contributed by atoms with E-state index in [1.807, 2.05) is 0 Å². The first-order valence-electron chi connectivity index (χ1n) is 12.5. The normalized spacial score (nSPS) is 14.5. The molecule has 1 aliphatic rings. The molecule has 8 heteroatoms. The third-order valence-corrected chi connectivity index (χ3v) is 7.43. The predicted molar refractivity (Wildman–Crippen MR) is 147 cm³/mol. The largest absolute Gasteiger partial charge is 0.493 e. The van der Waals surface area contributed by atoms with Crippen LogP contribution in [0.25, 0.3) is 11.1 Å². The lowest BCUT2D eigenvalue weighted by Crippen LogP contribution is -2.35. The van der Waals surface area contributed by atoms with Gasteiger partial charge in [-0.1, -0.05) is 42.5 Å². The fourth-order valence-corrected chi connectivity index (χ4v) is 4.62. The van der Waals surface area contributed by atoms with Crippen molar-refractivity contribution in [2.24, 2.45) is 5.92 Å². The quantitative estimate of drug-likeness (QED) is 0.310. The topological polar surface area (TPSA) is 49.8 Å². The van der Waals surface area contributed by atoms with Crippen LogP contribution in [0, 0.1) is 19.8 Å². The van der Waals surface area contributed by atoms with E-state index in [0.29, 0.717) is 5.92 Å². The van der Waals surface area contributed by atoms with Gasteiger partial charge in [-0.3, -0.25) is 4.90 Å². The lowest BCUT2D eigenvalue weighted by Gasteiger charge is -2.32. The van der Waals surface area contributed by atoms with Gasteiger partial charge in [0.05, 0.1) is 6.61 Å². The Morgan fingerprint density at radius 2 is 1.50 bits per heavy atom. The van der Waals surface area contributed by atoms with Gasteiger partial charge in [-0.05, 0) is 104 Å². The van der Waals surface area contributed by atoms with Gasteiger partial charge < -0.3 is 9.84 Å². The van der Waals surface area contributed by atoms with Crippen LogP contribution >= 0.6 is 11.8 Å². The number of hydrogen-bond donors (Lipinski definition) is 1. The molecule has 4 nitrogen and oxygen atoms in total. The number of nitrogens with zero attached hydrogens (tertiary/aromatic N) is 1. The number of piperidine rings is 1. The zero-order chi connectivity index (χ0) is 27.7. The number of hydrogen-bond acceptors (Lipinski definition) is 4. The predicted octanol–water partition coefficient (Wildman–Crippen LogP) is 7.62. The highest BCUT2D eigenvalue weighted by Crippen LogP contribution is 2.26. The van der Waals surface area contributed by atoms with Gasteiger partial charge in [0, 0.05) is 11.4 Å². The lowest BCUT2D eigenvalue weighted by atomic mass is 9.97. The molecule has 0 amide bonds. The Hall–Kier alpha value is -2.97. The van der Waals surface area contributed by atoms with Gasteiger partial charge in [0.2, 0.25) is 0 Å². The van der Waals surface area contributed by atoms with E-state index >= 15 is 0 Å². The minimum Gasteiger partial charge on any atom is -0.493 e. The molecule has 1 aliphatic heterocycles. The van der Waals surface area contributed by atoms with E-state index in [1.165, 1.54) is 45.6 Å². The summed E-state index contributed by atoms with van der Waals surface area (Å²) in [4.78, 5) is 12.8. The summed E-state index contributed by atoms with van der Waals surface area (Å²) in [6.45, 7) is 8.59. The van der Waals surface area contributed by atoms with Crippen molar-refractivity contribution in [2.45, 2.75) is 44.3 Å². The number of aliphatic carboxylic acids is 1. The van der Waals surface area contributed by atoms with Gasteiger partial charge in [-0.15, -0.1) is 11.8 Å². The minimum absolute atomic E-state index is 0.648. The van der Waals surface area contributed by atoms with Crippen molar-refractivity contribution in [3.8, 4) is 16.9 Å². The average Bonchev–Trinajstić information content (AvgIpc) is 2.90. The highest BCUT2D eigenvalue weighted by molar-refractivity contribution is 7.98. The van der Waals surface area contributed by atoms with Gasteiger partial charge in [-0.25, -0.2) is 4.79 Å². The highest BCUT2D eigenvalue weighted by atomic mass is 32.2. The number of carbonyl (C=O) groups is 1. The van der Waals surface area contributed by atoms with E-state index in [1.54, 1.807) is 11.8 Å². The van der Waals surface area contributed by atoms with E-state index in [-0.39, 0.29) is 0 Å². The zero-order valence-corrected chi connectivity index (χ0v) is 22.7. The molecule has 0 saturated carbocycles. The molecule has 3 aromatic carbocycles. The Morgan fingerprint density at radius 1 is 0.947 bits per heavy atom. The van der Waals surface area contributed by atoms with Crippen LogP contribution in [0.1, 0.15) is 29.5 Å². The number of aryl methyl sites for hydroxylation is 2. The molecule has 3 aromatic rings. The maximum Gasteiger partial charge on any atom is 0.490 e. The van der Waals surface area contributed by atoms with E-state index in [2.05, 4.69) is 91.7 Å². The second kappa shape index (κ2) is 13.7. The molecule has 0 aromatic heterocycles. The Kier molecular flexibility index (Phi) is 10.7. The van der Waals surface area contributed by atoms with E-state index in [4.69, 9.17) is 14.6 Å². The summed E-state index contributed by atoms with van der Waals surface area (Å²) < 4.78 is 37.9. The van der Waals surface area contributed by atoms with Gasteiger partial charge >= 0.3 is 12.1 Å². The molecule has 0 radical (unpaired) electrons. The fourth-order valence-electron chi connectivity index (χ4n) is 4.21. The molecule has 204 valence electrons. The lowest BCUT2D eigenvalue weighted by molar-refractivity contribution is -0.192. The Labute approximate surface area is 226 Å². The van der Waals surface area contributed by atoms with Crippen LogP contribution < -0.4 is 4.74 Å². The van der Waals surface area contributed by atoms with Gasteiger partial charge in [-0.2, -0.15) is 13.2 Å². The fraction of sp³-hybridized carbons (Fsp3) is 0.367. The van der Waals surface area contributed by atoms with Crippen LogP contribution in [0.5, 0.6) is 5.75 Å². The zero-order valence-electron chi connectivity index (χ0n) is 21.9. The number of thioether (sulfide) groups is 1. The minimum atomic E-state index is -5.08. The number of likely N-dealkylation sites (tertiary alicyclic amines) is 1. The molecule has 1 fully saturated rings. The number of ether oxygens (including phenoxy) is 1. The number of carboxylic acids is 1. The standard InChI is InChI=1S/C28H33NOS.C2HF3O2/c1-21-4-5-24(18-22(21)2)19-29-16-14-23(15-17-29)20-30-27-10-6-25(7-11-27)26-8-12-28(31-3)13-9-26;3-2(4,5)1(6)7/h4-13,18,23H,14-17,19-20H2,1-3H3;(H,6,7). The molecule has 0 spiro atoms. The first kappa shape index (κ1) is 29.6. The molecule has 0 bridgehead atoms. The Balaban J connectivity index is 0.000000505. The molecule has 38 heavy (non-hydrogen) atoms. The summed E-state index contributed by atoms with van der Waals surface area (Å²) in [6.07, 6.45) is -0.550. The smallest absolute Gasteiger partial charge is 0.490 e. The number of carboxylic acid groups (broad SMARTS) is 1. The number of halogens is 3. The van der Waals surface area contributed by atoms with Gasteiger partial charge in [0.25, 0.3) is 0 Å². The summed E-state index contributed by atoms with van der Waals surface area (Å²) in [7, 11) is 0. The SMILES string of the molecule is CSc1ccc(-c2ccc(OCC3CCN(Cc4ccc(C)c(C)c4)CC3)cc2)cc1.O=C(O)C(F)(F)F. The van der Waals surface area contributed by atoms with Crippen LogP contribution in [0.2, 0.25) is 0 Å². The number of benzene rings is 3. The summed E-state index contributed by atoms with van der Waals surface area (Å²) in [5.41, 5.74) is 6.69. The van der Waals surface area contributed by atoms with Crippen molar-refractivity contribution in [3.63, 3.8) is 0 Å². The molecule has 0 unspecified atom stereocenters. The average molecular weight is 546 g/mol. The second-order valence-electron chi connectivity index (χ2n) is 9.50. The van der Waals surface area contributed by atoms with Crippen LogP contribution in [0.4, 0.5) is 13.2 Å². The maximum absolute atomic E-state index is 10.6. The molecular weight excluding hydrogens is 511 g/mol. The number of rotatable bonds is 7. The molecule has 1 N–H and O–H groups in total. The third kappa shape index (κ3) is 9.10. The molecular formula is C30H34F3NO3S. The van der Waals surface area contributed by atoms with Crippen molar-refractivity contribution in [2.75, 3.05) is 26.0 Å². The first-order valence-corrected chi connectivity index (χ1v) is 13.7. The Bertz CT molecular complexity index is 1170. The van der Waals surface area contributed by atoms with Gasteiger partial charge in [0.1, 0.15) is 5.75 Å². The summed E-state index contributed by atoms with van der Waals surface area (Å²) >= 11 is 1.77. The van der Waals surface area contributed by atoms with Crippen LogP contribution in [-0.4, -0.2) is 48.1 Å². The van der Waals surface area contributed by atoms with Crippen molar-refractivity contribution in [1.29, 1.82) is 0 Å². The van der Waals surface area contributed by atoms with Crippen molar-refractivity contribution in [3.05, 3.63) is 83.4 Å². The summed E-state index contributed by atoms with van der Waals surface area (Å²) in [6, 6.07) is 24.1. The molecule has 1 saturated heterocycles. The van der Waals surface area contributed by atoms with Crippen molar-refractivity contribution >= 4 is 17.7 Å². The highest BCUT2D eigenvalue weighted by Gasteiger charge is 2.38. The van der Waals surface area contributed by atoms with E-state index < -0.39 is 12.1 Å². The monoisotopic (exact) mass is 545 g/mol. The molecule has 1 heterocycles. The van der Waals surface area contributed by atoms with Crippen molar-refractivity contribution < 1.29 is 27.8 Å². The van der Waals surface area contributed by atoms with Crippen molar-refractivity contribution in [1.82, 2.24) is 4.90 Å². The molecule has 0 aliphatic carbocycles. The van der Waals surface area contributed by atoms with E-state index in [9.17, 15) is 13.2 Å². The second-order valence-corrected chi connectivity index (χ2v) is 10.4. The number of alkyl halides is 3. The molecule has 0 atom stereocenters.